The number of aromatic nitrogens is 1. The number of nitrogens with zero attached hydrogens (tertiary/aromatic N) is 3. The summed E-state index contributed by atoms with van der Waals surface area (Å²) in [6, 6.07) is 2.04. The largest absolute Gasteiger partial charge is 0.338 e. The Labute approximate surface area is 164 Å². The molecule has 0 aromatic carbocycles. The fraction of sp³-hybridized carbons (Fsp3) is 0.524. The molecule has 148 valence electrons. The number of carbonyl (C=O) groups excluding carboxylic acids is 3. The van der Waals surface area contributed by atoms with Crippen LogP contribution in [0.1, 0.15) is 30.9 Å². The van der Waals surface area contributed by atoms with Crippen LogP contribution < -0.4 is 10.2 Å². The summed E-state index contributed by atoms with van der Waals surface area (Å²) in [5.41, 5.74) is 1.56. The predicted molar refractivity (Wildman–Crippen MR) is 106 cm³/mol. The molecule has 28 heavy (non-hydrogen) atoms. The van der Waals surface area contributed by atoms with Crippen LogP contribution in [0.4, 0.5) is 5.82 Å². The van der Waals surface area contributed by atoms with Crippen molar-refractivity contribution in [3.05, 3.63) is 29.5 Å². The number of carbonyl (C=O) groups is 3. The minimum Gasteiger partial charge on any atom is -0.338 e. The van der Waals surface area contributed by atoms with E-state index in [9.17, 15) is 14.4 Å². The van der Waals surface area contributed by atoms with Crippen LogP contribution in [0, 0.1) is 11.3 Å². The lowest BCUT2D eigenvalue weighted by Gasteiger charge is -2.43. The van der Waals surface area contributed by atoms with Crippen molar-refractivity contribution in [2.45, 2.75) is 26.2 Å². The summed E-state index contributed by atoms with van der Waals surface area (Å²) >= 11 is 0. The molecule has 1 N–H and O–H groups in total. The second-order valence-corrected chi connectivity index (χ2v) is 8.21. The quantitative estimate of drug-likeness (QED) is 0.790. The van der Waals surface area contributed by atoms with Crippen molar-refractivity contribution in [1.82, 2.24) is 15.2 Å². The Morgan fingerprint density at radius 3 is 2.68 bits per heavy atom. The van der Waals surface area contributed by atoms with Crippen LogP contribution in [0.15, 0.2) is 18.3 Å². The summed E-state index contributed by atoms with van der Waals surface area (Å²) in [6.45, 7) is 4.29. The van der Waals surface area contributed by atoms with Crippen molar-refractivity contribution in [1.29, 1.82) is 0 Å². The highest BCUT2D eigenvalue weighted by Gasteiger charge is 2.46. The second-order valence-electron chi connectivity index (χ2n) is 8.21. The van der Waals surface area contributed by atoms with E-state index in [1.807, 2.05) is 6.07 Å². The average molecular weight is 382 g/mol. The number of pyridine rings is 1. The zero-order chi connectivity index (χ0) is 19.9. The summed E-state index contributed by atoms with van der Waals surface area (Å²) < 4.78 is 0. The molecule has 3 aliphatic rings. The molecule has 0 saturated carbocycles. The molecule has 2 fully saturated rings. The normalized spacial score (nSPS) is 21.7. The van der Waals surface area contributed by atoms with Gasteiger partial charge in [-0.15, -0.1) is 0 Å². The van der Waals surface area contributed by atoms with Crippen LogP contribution in [0.3, 0.4) is 0 Å². The first-order valence-electron chi connectivity index (χ1n) is 9.85. The lowest BCUT2D eigenvalue weighted by atomic mass is 9.71. The van der Waals surface area contributed by atoms with Gasteiger partial charge in [-0.05, 0) is 62.5 Å². The molecule has 0 bridgehead atoms. The number of piperidine rings is 1. The topological polar surface area (TPSA) is 82.6 Å². The van der Waals surface area contributed by atoms with Gasteiger partial charge in [0.1, 0.15) is 11.6 Å². The van der Waals surface area contributed by atoms with Crippen LogP contribution in [0.25, 0.3) is 6.08 Å². The first-order chi connectivity index (χ1) is 13.4. The number of anilines is 1. The molecule has 2 amide bonds. The highest BCUT2D eigenvalue weighted by Crippen LogP contribution is 2.41. The maximum atomic E-state index is 12.9. The number of hydrogen-bond acceptors (Lipinski definition) is 5. The van der Waals surface area contributed by atoms with Crippen molar-refractivity contribution in [2.75, 3.05) is 38.1 Å². The Kier molecular flexibility index (Phi) is 4.79. The van der Waals surface area contributed by atoms with Gasteiger partial charge in [-0.2, -0.15) is 0 Å². The van der Waals surface area contributed by atoms with Crippen molar-refractivity contribution in [2.24, 2.45) is 11.3 Å². The summed E-state index contributed by atoms with van der Waals surface area (Å²) in [5.74, 6) is 0.904. The average Bonchev–Trinajstić information content (AvgIpc) is 2.64. The summed E-state index contributed by atoms with van der Waals surface area (Å²) in [4.78, 5) is 44.3. The van der Waals surface area contributed by atoms with E-state index in [1.165, 1.54) is 6.08 Å². The molecule has 1 aromatic rings. The Morgan fingerprint density at radius 2 is 2.00 bits per heavy atom. The molecule has 0 atom stereocenters. The molecule has 0 aliphatic carbocycles. The van der Waals surface area contributed by atoms with Gasteiger partial charge in [-0.25, -0.2) is 4.98 Å². The maximum absolute atomic E-state index is 12.9. The molecule has 7 heteroatoms. The van der Waals surface area contributed by atoms with Gasteiger partial charge in [0, 0.05) is 32.4 Å². The minimum absolute atomic E-state index is 0.0167. The second kappa shape index (κ2) is 7.13. The number of nitrogens with one attached hydrogen (secondary N) is 1. The van der Waals surface area contributed by atoms with Crippen LogP contribution in [0.2, 0.25) is 0 Å². The Hall–Kier alpha value is -2.54. The number of amides is 2. The van der Waals surface area contributed by atoms with E-state index in [2.05, 4.69) is 10.3 Å². The smallest absolute Gasteiger partial charge is 0.246 e. The van der Waals surface area contributed by atoms with E-state index in [1.54, 1.807) is 36.0 Å². The fourth-order valence-electron chi connectivity index (χ4n) is 4.42. The third-order valence-electron chi connectivity index (χ3n) is 6.32. The first-order valence-corrected chi connectivity index (χ1v) is 9.85. The molecule has 4 rings (SSSR count). The first kappa shape index (κ1) is 18.8. The molecule has 1 aromatic heterocycles. The van der Waals surface area contributed by atoms with Gasteiger partial charge in [0.05, 0.1) is 11.3 Å². The van der Waals surface area contributed by atoms with E-state index in [4.69, 9.17) is 0 Å². The highest BCUT2D eigenvalue weighted by molar-refractivity contribution is 5.99. The van der Waals surface area contributed by atoms with Gasteiger partial charge in [-0.3, -0.25) is 19.3 Å². The van der Waals surface area contributed by atoms with Crippen LogP contribution in [-0.2, 0) is 20.8 Å². The molecule has 0 unspecified atom stereocenters. The van der Waals surface area contributed by atoms with E-state index in [-0.39, 0.29) is 28.9 Å². The third kappa shape index (κ3) is 3.24. The van der Waals surface area contributed by atoms with Gasteiger partial charge in [0.25, 0.3) is 0 Å². The third-order valence-corrected chi connectivity index (χ3v) is 6.32. The number of fused-ring (bicyclic) bond motifs is 1. The summed E-state index contributed by atoms with van der Waals surface area (Å²) in [5, 5.41) is 3.33. The SMILES string of the molecule is CC(=O)C1CN(C(=O)/C=C/c2cnc3c(c2)CC2(CCNCC2)C(=O)N3C)C1. The van der Waals surface area contributed by atoms with Crippen molar-refractivity contribution < 1.29 is 14.4 Å². The Bertz CT molecular complexity index is 851. The predicted octanol–water partition coefficient (Wildman–Crippen LogP) is 1.03. The molecular formula is C21H26N4O3. The van der Waals surface area contributed by atoms with Crippen molar-refractivity contribution >= 4 is 29.5 Å². The molecule has 7 nitrogen and oxygen atoms in total. The molecular weight excluding hydrogens is 356 g/mol. The maximum Gasteiger partial charge on any atom is 0.246 e. The number of rotatable bonds is 3. The Balaban J connectivity index is 1.50. The van der Waals surface area contributed by atoms with Crippen molar-refractivity contribution in [3.8, 4) is 0 Å². The molecule has 2 saturated heterocycles. The van der Waals surface area contributed by atoms with Gasteiger partial charge in [0.2, 0.25) is 11.8 Å². The zero-order valence-electron chi connectivity index (χ0n) is 16.4. The van der Waals surface area contributed by atoms with Crippen molar-refractivity contribution in [3.63, 3.8) is 0 Å². The van der Waals surface area contributed by atoms with E-state index >= 15 is 0 Å². The summed E-state index contributed by atoms with van der Waals surface area (Å²) in [7, 11) is 1.80. The van der Waals surface area contributed by atoms with E-state index in [0.717, 1.165) is 37.1 Å². The number of Topliss-reactive ketones (excluding diaryl/α,β-unsaturated/α-hetero) is 1. The molecule has 0 radical (unpaired) electrons. The lowest BCUT2D eigenvalue weighted by Crippen LogP contribution is -2.52. The zero-order valence-corrected chi connectivity index (χ0v) is 16.4. The monoisotopic (exact) mass is 382 g/mol. The molecule has 3 aliphatic heterocycles. The lowest BCUT2D eigenvalue weighted by molar-refractivity contribution is -0.137. The highest BCUT2D eigenvalue weighted by atomic mass is 16.2. The summed E-state index contributed by atoms with van der Waals surface area (Å²) in [6.07, 6.45) is 7.37. The van der Waals surface area contributed by atoms with Gasteiger partial charge in [-0.1, -0.05) is 0 Å². The molecule has 1 spiro atoms. The number of hydrogen-bond donors (Lipinski definition) is 1. The standard InChI is InChI=1S/C21H26N4O3/c1-14(26)17-12-25(13-17)18(27)4-3-15-9-16-10-21(5-7-22-8-6-21)20(28)24(2)19(16)23-11-15/h3-4,9,11,17,22H,5-8,10,12-13H2,1-2H3/b4-3+. The van der Waals surface area contributed by atoms with Gasteiger partial charge in [0.15, 0.2) is 0 Å². The van der Waals surface area contributed by atoms with Crippen LogP contribution in [0.5, 0.6) is 0 Å². The van der Waals surface area contributed by atoms with Crippen LogP contribution in [-0.4, -0.2) is 60.7 Å². The van der Waals surface area contributed by atoms with Gasteiger partial charge < -0.3 is 10.2 Å². The minimum atomic E-state index is -0.341. The fourth-order valence-corrected chi connectivity index (χ4v) is 4.42. The van der Waals surface area contributed by atoms with Gasteiger partial charge >= 0.3 is 0 Å². The van der Waals surface area contributed by atoms with E-state index in [0.29, 0.717) is 25.3 Å². The Morgan fingerprint density at radius 1 is 1.29 bits per heavy atom. The van der Waals surface area contributed by atoms with Crippen LogP contribution >= 0.6 is 0 Å². The van der Waals surface area contributed by atoms with E-state index < -0.39 is 0 Å². The number of ketones is 1. The molecule has 4 heterocycles. The number of likely N-dealkylation sites (tertiary alicyclic amines) is 1.